The first-order chi connectivity index (χ1) is 7.65. The number of aryl methyl sites for hydroxylation is 1. The molecule has 2 nitrogen and oxygen atoms in total. The van der Waals surface area contributed by atoms with Gasteiger partial charge in [0.05, 0.1) is 11.0 Å². The quantitative estimate of drug-likeness (QED) is 0.764. The van der Waals surface area contributed by atoms with E-state index in [1.807, 2.05) is 11.6 Å². The molecule has 0 atom stereocenters. The molecule has 1 fully saturated rings. The summed E-state index contributed by atoms with van der Waals surface area (Å²) in [5.74, 6) is -0.00949. The largest absolute Gasteiger partial charge is 0.331 e. The van der Waals surface area contributed by atoms with Gasteiger partial charge in [0.25, 0.3) is 0 Å². The van der Waals surface area contributed by atoms with Crippen LogP contribution in [0.5, 0.6) is 0 Å². The Hall–Kier alpha value is -1.45. The Labute approximate surface area is 91.9 Å². The number of imidazole rings is 1. The molecule has 2 aromatic rings. The van der Waals surface area contributed by atoms with Crippen molar-refractivity contribution in [3.05, 3.63) is 29.6 Å². The van der Waals surface area contributed by atoms with Gasteiger partial charge in [-0.2, -0.15) is 0 Å². The fourth-order valence-corrected chi connectivity index (χ4v) is 2.00. The van der Waals surface area contributed by atoms with Gasteiger partial charge in [-0.05, 0) is 18.8 Å². The lowest BCUT2D eigenvalue weighted by Crippen LogP contribution is -1.99. The van der Waals surface area contributed by atoms with Crippen molar-refractivity contribution in [1.29, 1.82) is 0 Å². The van der Waals surface area contributed by atoms with Crippen molar-refractivity contribution in [1.82, 2.24) is 9.55 Å². The summed E-state index contributed by atoms with van der Waals surface area (Å²) in [5.41, 5.74) is 1.20. The normalized spacial score (nSPS) is 15.9. The van der Waals surface area contributed by atoms with Gasteiger partial charge in [0.2, 0.25) is 0 Å². The second-order valence-electron chi connectivity index (χ2n) is 4.49. The number of aromatic nitrogens is 2. The molecule has 16 heavy (non-hydrogen) atoms. The highest BCUT2D eigenvalue weighted by molar-refractivity contribution is 5.76. The van der Waals surface area contributed by atoms with Gasteiger partial charge >= 0.3 is 0 Å². The summed E-state index contributed by atoms with van der Waals surface area (Å²) in [6.45, 7) is 0. The molecule has 84 valence electrons. The van der Waals surface area contributed by atoms with Gasteiger partial charge in [-0.25, -0.2) is 13.8 Å². The van der Waals surface area contributed by atoms with Crippen LogP contribution in [-0.4, -0.2) is 9.55 Å². The number of rotatable bonds is 2. The first-order valence-corrected chi connectivity index (χ1v) is 5.45. The van der Waals surface area contributed by atoms with E-state index in [1.165, 1.54) is 25.0 Å². The van der Waals surface area contributed by atoms with E-state index >= 15 is 0 Å². The van der Waals surface area contributed by atoms with Gasteiger partial charge in [0.1, 0.15) is 5.82 Å². The summed E-state index contributed by atoms with van der Waals surface area (Å²) >= 11 is 0. The summed E-state index contributed by atoms with van der Waals surface area (Å²) < 4.78 is 28.0. The third-order valence-electron chi connectivity index (χ3n) is 3.18. The zero-order valence-corrected chi connectivity index (χ0v) is 9.00. The number of fused-ring (bicyclic) bond motifs is 1. The molecule has 1 aromatic carbocycles. The van der Waals surface area contributed by atoms with E-state index < -0.39 is 11.6 Å². The van der Waals surface area contributed by atoms with Crippen LogP contribution in [0.15, 0.2) is 12.1 Å². The van der Waals surface area contributed by atoms with Crippen LogP contribution in [0.1, 0.15) is 18.7 Å². The molecule has 3 rings (SSSR count). The predicted octanol–water partition coefficient (Wildman–Crippen LogP) is 2.80. The average Bonchev–Trinajstić information content (AvgIpc) is 3.00. The number of halogens is 2. The van der Waals surface area contributed by atoms with Crippen molar-refractivity contribution in [3.63, 3.8) is 0 Å². The van der Waals surface area contributed by atoms with Gasteiger partial charge in [-0.1, -0.05) is 0 Å². The molecule has 0 saturated heterocycles. The third-order valence-corrected chi connectivity index (χ3v) is 3.18. The fourth-order valence-electron chi connectivity index (χ4n) is 2.00. The van der Waals surface area contributed by atoms with E-state index in [-0.39, 0.29) is 0 Å². The summed E-state index contributed by atoms with van der Waals surface area (Å²) in [7, 11) is 1.85. The van der Waals surface area contributed by atoms with Crippen LogP contribution >= 0.6 is 0 Å². The molecule has 1 aliphatic rings. The van der Waals surface area contributed by atoms with Gasteiger partial charge in [-0.15, -0.1) is 0 Å². The van der Waals surface area contributed by atoms with E-state index in [9.17, 15) is 8.78 Å². The lowest BCUT2D eigenvalue weighted by molar-refractivity contribution is 0.510. The van der Waals surface area contributed by atoms with E-state index in [4.69, 9.17) is 0 Å². The van der Waals surface area contributed by atoms with Crippen molar-refractivity contribution in [2.45, 2.75) is 19.3 Å². The second kappa shape index (κ2) is 3.27. The Morgan fingerprint density at radius 3 is 2.69 bits per heavy atom. The first-order valence-electron chi connectivity index (χ1n) is 5.45. The molecule has 0 bridgehead atoms. The Morgan fingerprint density at radius 1 is 1.31 bits per heavy atom. The van der Waals surface area contributed by atoms with Gasteiger partial charge in [-0.3, -0.25) is 0 Å². The van der Waals surface area contributed by atoms with Gasteiger partial charge in [0.15, 0.2) is 11.6 Å². The topological polar surface area (TPSA) is 17.8 Å². The highest BCUT2D eigenvalue weighted by Crippen LogP contribution is 2.33. The maximum Gasteiger partial charge on any atom is 0.161 e. The predicted molar refractivity (Wildman–Crippen MR) is 57.1 cm³/mol. The van der Waals surface area contributed by atoms with Crippen LogP contribution in [0, 0.1) is 17.6 Å². The minimum absolute atomic E-state index is 0.539. The molecular weight excluding hydrogens is 210 g/mol. The van der Waals surface area contributed by atoms with Crippen LogP contribution in [0.4, 0.5) is 8.78 Å². The van der Waals surface area contributed by atoms with Gasteiger partial charge in [0, 0.05) is 25.6 Å². The molecule has 1 heterocycles. The van der Waals surface area contributed by atoms with Crippen LogP contribution in [0.25, 0.3) is 11.0 Å². The minimum atomic E-state index is -0.830. The van der Waals surface area contributed by atoms with E-state index in [0.29, 0.717) is 17.0 Å². The highest BCUT2D eigenvalue weighted by atomic mass is 19.2. The molecule has 0 spiro atoms. The molecule has 0 unspecified atom stereocenters. The minimum Gasteiger partial charge on any atom is -0.331 e. The number of hydrogen-bond donors (Lipinski definition) is 0. The maximum absolute atomic E-state index is 13.1. The molecule has 0 aliphatic heterocycles. The SMILES string of the molecule is Cn1c(CC2CC2)nc2cc(F)c(F)cc21. The lowest BCUT2D eigenvalue weighted by atomic mass is 10.3. The smallest absolute Gasteiger partial charge is 0.161 e. The fraction of sp³-hybridized carbons (Fsp3) is 0.417. The Bertz CT molecular complexity index is 556. The molecule has 1 saturated carbocycles. The summed E-state index contributed by atoms with van der Waals surface area (Å²) in [4.78, 5) is 4.35. The Kier molecular flexibility index (Phi) is 1.99. The van der Waals surface area contributed by atoms with Crippen LogP contribution < -0.4 is 0 Å². The number of nitrogens with zero attached hydrogens (tertiary/aromatic N) is 2. The van der Waals surface area contributed by atoms with Gasteiger partial charge < -0.3 is 4.57 Å². The number of hydrogen-bond acceptors (Lipinski definition) is 1. The molecule has 0 radical (unpaired) electrons. The van der Waals surface area contributed by atoms with E-state index in [2.05, 4.69) is 4.98 Å². The number of benzene rings is 1. The standard InChI is InChI=1S/C12H12F2N2/c1-16-11-6-9(14)8(13)5-10(11)15-12(16)4-7-2-3-7/h5-7H,2-4H2,1H3. The molecule has 0 amide bonds. The van der Waals surface area contributed by atoms with Crippen molar-refractivity contribution < 1.29 is 8.78 Å². The average molecular weight is 222 g/mol. The Balaban J connectivity index is 2.13. The Morgan fingerprint density at radius 2 is 2.00 bits per heavy atom. The molecule has 1 aromatic heterocycles. The van der Waals surface area contributed by atoms with Crippen molar-refractivity contribution in [2.24, 2.45) is 13.0 Å². The monoisotopic (exact) mass is 222 g/mol. The van der Waals surface area contributed by atoms with Crippen molar-refractivity contribution >= 4 is 11.0 Å². The summed E-state index contributed by atoms with van der Waals surface area (Å²) in [6, 6.07) is 2.38. The van der Waals surface area contributed by atoms with Crippen LogP contribution in [-0.2, 0) is 13.5 Å². The van der Waals surface area contributed by atoms with Crippen LogP contribution in [0.2, 0.25) is 0 Å². The van der Waals surface area contributed by atoms with E-state index in [1.54, 1.807) is 0 Å². The van der Waals surface area contributed by atoms with Crippen molar-refractivity contribution in [2.75, 3.05) is 0 Å². The summed E-state index contributed by atoms with van der Waals surface area (Å²) in [6.07, 6.45) is 3.40. The summed E-state index contributed by atoms with van der Waals surface area (Å²) in [5, 5.41) is 0. The van der Waals surface area contributed by atoms with Crippen molar-refractivity contribution in [3.8, 4) is 0 Å². The molecule has 1 aliphatic carbocycles. The molecule has 0 N–H and O–H groups in total. The first kappa shape index (κ1) is 9.75. The third kappa shape index (κ3) is 1.49. The molecular formula is C12H12F2N2. The zero-order valence-electron chi connectivity index (χ0n) is 9.00. The maximum atomic E-state index is 13.1. The van der Waals surface area contributed by atoms with Crippen LogP contribution in [0.3, 0.4) is 0 Å². The lowest BCUT2D eigenvalue weighted by Gasteiger charge is -2.00. The second-order valence-corrected chi connectivity index (χ2v) is 4.49. The highest BCUT2D eigenvalue weighted by Gasteiger charge is 2.24. The zero-order chi connectivity index (χ0) is 11.3. The van der Waals surface area contributed by atoms with E-state index in [0.717, 1.165) is 12.2 Å². The molecule has 4 heteroatoms.